The van der Waals surface area contributed by atoms with Crippen LogP contribution in [0.1, 0.15) is 17.7 Å². The van der Waals surface area contributed by atoms with Gasteiger partial charge in [-0.1, -0.05) is 0 Å². The summed E-state index contributed by atoms with van der Waals surface area (Å²) < 4.78 is 39.8. The monoisotopic (exact) mass is 440 g/mol. The van der Waals surface area contributed by atoms with Crippen LogP contribution in [0.15, 0.2) is 35.4 Å². The van der Waals surface area contributed by atoms with Crippen molar-refractivity contribution in [2.24, 2.45) is 5.92 Å². The zero-order valence-corrected chi connectivity index (χ0v) is 17.4. The van der Waals surface area contributed by atoms with E-state index in [2.05, 4.69) is 15.6 Å². The highest BCUT2D eigenvalue weighted by molar-refractivity contribution is 7.89. The Morgan fingerprint density at radius 2 is 2.03 bits per heavy atom. The number of piperidine rings is 1. The summed E-state index contributed by atoms with van der Waals surface area (Å²) in [4.78, 5) is 29.3. The van der Waals surface area contributed by atoms with Crippen LogP contribution in [0, 0.1) is 18.7 Å². The molecular formula is C18H21FN4O4S2. The molecule has 0 aliphatic carbocycles. The largest absolute Gasteiger partial charge is 0.347 e. The third-order valence-electron chi connectivity index (χ3n) is 4.50. The average Bonchev–Trinajstić information content (AvgIpc) is 3.11. The summed E-state index contributed by atoms with van der Waals surface area (Å²) in [6.07, 6.45) is 2.68. The zero-order valence-electron chi connectivity index (χ0n) is 15.7. The van der Waals surface area contributed by atoms with E-state index in [0.29, 0.717) is 18.0 Å². The lowest BCUT2D eigenvalue weighted by molar-refractivity contribution is -0.128. The lowest BCUT2D eigenvalue weighted by Gasteiger charge is -2.31. The summed E-state index contributed by atoms with van der Waals surface area (Å²) in [5.74, 6) is -1.87. The first-order valence-corrected chi connectivity index (χ1v) is 11.3. The van der Waals surface area contributed by atoms with Gasteiger partial charge in [0.1, 0.15) is 5.82 Å². The number of nitrogens with one attached hydrogen (secondary N) is 2. The van der Waals surface area contributed by atoms with Gasteiger partial charge in [0.25, 0.3) is 0 Å². The van der Waals surface area contributed by atoms with Crippen LogP contribution in [0.25, 0.3) is 0 Å². The number of halogens is 1. The quantitative estimate of drug-likeness (QED) is 0.711. The predicted octanol–water partition coefficient (Wildman–Crippen LogP) is 1.75. The standard InChI is InChI=1S/C18H21FN4O4S2/c1-12-9-21-18(28-12)22-16(24)10-20-17(25)13-3-2-8-23(11-13)29(26,27)15-6-4-14(19)5-7-15/h4-7,9,13H,2-3,8,10-11H2,1H3,(H,20,25)(H,21,22,24)/t13-/m1/s1. The Morgan fingerprint density at radius 3 is 2.69 bits per heavy atom. The molecule has 8 nitrogen and oxygen atoms in total. The minimum absolute atomic E-state index is 0.0127. The Morgan fingerprint density at radius 1 is 1.31 bits per heavy atom. The maximum atomic E-state index is 13.1. The van der Waals surface area contributed by atoms with Crippen molar-refractivity contribution in [2.75, 3.05) is 25.0 Å². The van der Waals surface area contributed by atoms with Crippen LogP contribution in [0.4, 0.5) is 9.52 Å². The summed E-state index contributed by atoms with van der Waals surface area (Å²) >= 11 is 1.33. The summed E-state index contributed by atoms with van der Waals surface area (Å²) in [7, 11) is -3.81. The normalized spacial score (nSPS) is 17.7. The van der Waals surface area contributed by atoms with Gasteiger partial charge in [-0.05, 0) is 44.0 Å². The van der Waals surface area contributed by atoms with E-state index in [4.69, 9.17) is 0 Å². The smallest absolute Gasteiger partial charge is 0.245 e. The fourth-order valence-electron chi connectivity index (χ4n) is 3.02. The first-order valence-electron chi connectivity index (χ1n) is 9.01. The van der Waals surface area contributed by atoms with E-state index >= 15 is 0 Å². The molecule has 1 atom stereocenters. The van der Waals surface area contributed by atoms with Crippen LogP contribution in [-0.2, 0) is 19.6 Å². The van der Waals surface area contributed by atoms with Gasteiger partial charge in [-0.15, -0.1) is 11.3 Å². The highest BCUT2D eigenvalue weighted by atomic mass is 32.2. The molecule has 0 bridgehead atoms. The SMILES string of the molecule is Cc1cnc(NC(=O)CNC(=O)[C@@H]2CCCN(S(=O)(=O)c3ccc(F)cc3)C2)s1. The van der Waals surface area contributed by atoms with E-state index in [9.17, 15) is 22.4 Å². The molecule has 0 unspecified atom stereocenters. The maximum Gasteiger partial charge on any atom is 0.245 e. The van der Waals surface area contributed by atoms with Crippen molar-refractivity contribution in [3.05, 3.63) is 41.2 Å². The van der Waals surface area contributed by atoms with Crippen molar-refractivity contribution in [3.8, 4) is 0 Å². The Labute approximate surface area is 172 Å². The lowest BCUT2D eigenvalue weighted by atomic mass is 9.99. The summed E-state index contributed by atoms with van der Waals surface area (Å²) in [5, 5.41) is 5.60. The van der Waals surface area contributed by atoms with Gasteiger partial charge in [0.15, 0.2) is 5.13 Å². The van der Waals surface area contributed by atoms with Crippen molar-refractivity contribution in [2.45, 2.75) is 24.7 Å². The van der Waals surface area contributed by atoms with Crippen LogP contribution in [0.3, 0.4) is 0 Å². The lowest BCUT2D eigenvalue weighted by Crippen LogP contribution is -2.46. The third kappa shape index (κ3) is 5.37. The molecule has 0 saturated carbocycles. The second kappa shape index (κ2) is 8.97. The molecule has 29 heavy (non-hydrogen) atoms. The number of amides is 2. The highest BCUT2D eigenvalue weighted by Gasteiger charge is 2.33. The number of aryl methyl sites for hydroxylation is 1. The number of hydrogen-bond donors (Lipinski definition) is 2. The van der Waals surface area contributed by atoms with E-state index in [-0.39, 0.29) is 30.4 Å². The first-order chi connectivity index (χ1) is 13.8. The number of aromatic nitrogens is 1. The van der Waals surface area contributed by atoms with Crippen LogP contribution in [0.2, 0.25) is 0 Å². The summed E-state index contributed by atoms with van der Waals surface area (Å²) in [6, 6.07) is 4.59. The molecule has 2 heterocycles. The summed E-state index contributed by atoms with van der Waals surface area (Å²) in [6.45, 7) is 1.94. The van der Waals surface area contributed by atoms with Crippen LogP contribution < -0.4 is 10.6 Å². The Balaban J connectivity index is 1.56. The molecule has 2 aromatic rings. The van der Waals surface area contributed by atoms with E-state index in [0.717, 1.165) is 17.0 Å². The minimum Gasteiger partial charge on any atom is -0.347 e. The number of carbonyl (C=O) groups is 2. The van der Waals surface area contributed by atoms with Crippen LogP contribution >= 0.6 is 11.3 Å². The first kappa shape index (κ1) is 21.3. The molecule has 11 heteroatoms. The van der Waals surface area contributed by atoms with Gasteiger partial charge in [-0.25, -0.2) is 17.8 Å². The third-order valence-corrected chi connectivity index (χ3v) is 7.20. The molecule has 2 amide bonds. The zero-order chi connectivity index (χ0) is 21.0. The molecule has 0 spiro atoms. The van der Waals surface area contributed by atoms with Crippen molar-refractivity contribution < 1.29 is 22.4 Å². The Kier molecular flexibility index (Phi) is 6.60. The van der Waals surface area contributed by atoms with E-state index in [1.807, 2.05) is 6.92 Å². The number of hydrogen-bond acceptors (Lipinski definition) is 6. The predicted molar refractivity (Wildman–Crippen MR) is 106 cm³/mol. The van der Waals surface area contributed by atoms with Crippen molar-refractivity contribution in [3.63, 3.8) is 0 Å². The number of rotatable bonds is 6. The maximum absolute atomic E-state index is 13.1. The van der Waals surface area contributed by atoms with Gasteiger partial charge in [-0.2, -0.15) is 4.31 Å². The molecule has 1 aromatic carbocycles. The van der Waals surface area contributed by atoms with Crippen LogP contribution in [0.5, 0.6) is 0 Å². The van der Waals surface area contributed by atoms with E-state index in [1.54, 1.807) is 6.20 Å². The number of sulfonamides is 1. The van der Waals surface area contributed by atoms with Gasteiger partial charge in [0, 0.05) is 24.2 Å². The van der Waals surface area contributed by atoms with Gasteiger partial charge in [0.05, 0.1) is 17.4 Å². The fraction of sp³-hybridized carbons (Fsp3) is 0.389. The number of benzene rings is 1. The Bertz CT molecular complexity index is 992. The number of thiazole rings is 1. The second-order valence-electron chi connectivity index (χ2n) is 6.70. The molecule has 1 aliphatic heterocycles. The van der Waals surface area contributed by atoms with E-state index in [1.165, 1.54) is 27.8 Å². The Hall–Kier alpha value is -2.37. The molecule has 156 valence electrons. The number of nitrogens with zero attached hydrogens (tertiary/aromatic N) is 2. The second-order valence-corrected chi connectivity index (χ2v) is 9.87. The van der Waals surface area contributed by atoms with Crippen LogP contribution in [-0.4, -0.2) is 49.2 Å². The van der Waals surface area contributed by atoms with Crippen molar-refractivity contribution in [1.82, 2.24) is 14.6 Å². The highest BCUT2D eigenvalue weighted by Crippen LogP contribution is 2.24. The average molecular weight is 441 g/mol. The number of carbonyl (C=O) groups excluding carboxylic acids is 2. The van der Waals surface area contributed by atoms with E-state index < -0.39 is 27.7 Å². The molecule has 1 saturated heterocycles. The van der Waals surface area contributed by atoms with Gasteiger partial charge in [0.2, 0.25) is 21.8 Å². The van der Waals surface area contributed by atoms with Gasteiger partial charge < -0.3 is 10.6 Å². The molecular weight excluding hydrogens is 419 g/mol. The van der Waals surface area contributed by atoms with Gasteiger partial charge >= 0.3 is 0 Å². The summed E-state index contributed by atoms with van der Waals surface area (Å²) in [5.41, 5.74) is 0. The molecule has 1 fully saturated rings. The van der Waals surface area contributed by atoms with Gasteiger partial charge in [-0.3, -0.25) is 9.59 Å². The molecule has 1 aromatic heterocycles. The van der Waals surface area contributed by atoms with Crippen molar-refractivity contribution in [1.29, 1.82) is 0 Å². The topological polar surface area (TPSA) is 108 Å². The van der Waals surface area contributed by atoms with Crippen molar-refractivity contribution >= 4 is 38.3 Å². The molecule has 0 radical (unpaired) electrons. The molecule has 3 rings (SSSR count). The molecule has 2 N–H and O–H groups in total. The molecule has 1 aliphatic rings. The number of anilines is 1. The minimum atomic E-state index is -3.81. The fourth-order valence-corrected chi connectivity index (χ4v) is 5.22.